The van der Waals surface area contributed by atoms with E-state index in [1.807, 2.05) is 22.6 Å². The van der Waals surface area contributed by atoms with Gasteiger partial charge in [-0.3, -0.25) is 14.5 Å². The Labute approximate surface area is 155 Å². The summed E-state index contributed by atoms with van der Waals surface area (Å²) in [4.78, 5) is 24.6. The van der Waals surface area contributed by atoms with Gasteiger partial charge in [0.15, 0.2) is 11.5 Å². The first-order chi connectivity index (χ1) is 10.8. The van der Waals surface area contributed by atoms with Gasteiger partial charge in [0.2, 0.25) is 0 Å². The van der Waals surface area contributed by atoms with Crippen LogP contribution in [0.15, 0.2) is 17.0 Å². The number of carbonyl (C=O) groups excluding carboxylic acids is 1. The van der Waals surface area contributed by atoms with Gasteiger partial charge in [-0.15, -0.1) is 0 Å². The van der Waals surface area contributed by atoms with E-state index >= 15 is 0 Å². The summed E-state index contributed by atoms with van der Waals surface area (Å²) in [6.45, 7) is 0.0494. The molecule has 1 aliphatic rings. The minimum atomic E-state index is -0.985. The Kier molecular flexibility index (Phi) is 5.87. The van der Waals surface area contributed by atoms with Crippen molar-refractivity contribution >= 4 is 68.8 Å². The molecule has 122 valence electrons. The van der Waals surface area contributed by atoms with Crippen LogP contribution < -0.4 is 4.74 Å². The van der Waals surface area contributed by atoms with Crippen molar-refractivity contribution in [2.24, 2.45) is 0 Å². The molecular formula is C14H12INO5S2. The first-order valence-electron chi connectivity index (χ1n) is 6.37. The van der Waals surface area contributed by atoms with Gasteiger partial charge in [0.25, 0.3) is 5.91 Å². The van der Waals surface area contributed by atoms with Crippen LogP contribution in [0, 0.1) is 3.57 Å². The number of rotatable bonds is 5. The molecule has 1 aromatic carbocycles. The summed E-state index contributed by atoms with van der Waals surface area (Å²) in [5.41, 5.74) is 0.683. The number of ether oxygens (including phenoxy) is 1. The third-order valence-corrected chi connectivity index (χ3v) is 5.19. The molecule has 0 aliphatic carbocycles. The van der Waals surface area contributed by atoms with E-state index in [2.05, 4.69) is 0 Å². The number of amides is 1. The average molecular weight is 465 g/mol. The molecule has 2 N–H and O–H groups in total. The molecule has 1 fully saturated rings. The summed E-state index contributed by atoms with van der Waals surface area (Å²) in [5, 5.41) is 18.6. The van der Waals surface area contributed by atoms with Crippen LogP contribution >= 0.6 is 46.6 Å². The molecule has 1 amide bonds. The minimum absolute atomic E-state index is 0.0410. The van der Waals surface area contributed by atoms with Gasteiger partial charge < -0.3 is 14.9 Å². The maximum absolute atomic E-state index is 12.3. The van der Waals surface area contributed by atoms with E-state index in [1.165, 1.54) is 12.0 Å². The van der Waals surface area contributed by atoms with Gasteiger partial charge in [0, 0.05) is 6.54 Å². The molecule has 0 saturated carbocycles. The van der Waals surface area contributed by atoms with Crippen LogP contribution in [0.3, 0.4) is 0 Å². The lowest BCUT2D eigenvalue weighted by Gasteiger charge is -2.12. The highest BCUT2D eigenvalue weighted by Gasteiger charge is 2.32. The Morgan fingerprint density at radius 2 is 2.22 bits per heavy atom. The number of carboxylic acids is 1. The smallest absolute Gasteiger partial charge is 0.305 e. The number of hydrogen-bond acceptors (Lipinski definition) is 6. The summed E-state index contributed by atoms with van der Waals surface area (Å²) >= 11 is 8.22. The second-order valence-electron chi connectivity index (χ2n) is 4.53. The van der Waals surface area contributed by atoms with Crippen molar-refractivity contribution in [3.8, 4) is 11.5 Å². The van der Waals surface area contributed by atoms with Crippen molar-refractivity contribution in [2.75, 3.05) is 13.7 Å². The quantitative estimate of drug-likeness (QED) is 0.393. The first kappa shape index (κ1) is 18.0. The van der Waals surface area contributed by atoms with Crippen molar-refractivity contribution in [3.05, 3.63) is 26.2 Å². The summed E-state index contributed by atoms with van der Waals surface area (Å²) in [7, 11) is 1.44. The summed E-state index contributed by atoms with van der Waals surface area (Å²) < 4.78 is 6.02. The molecule has 0 aromatic heterocycles. The van der Waals surface area contributed by atoms with Crippen LogP contribution in [-0.4, -0.2) is 45.0 Å². The predicted octanol–water partition coefficient (Wildman–Crippen LogP) is 2.68. The average Bonchev–Trinajstić information content (AvgIpc) is 2.74. The SMILES string of the molecule is COc1cc(C=C2SC(=S)N(CCC(=O)O)C2=O)cc(I)c1O. The Bertz CT molecular complexity index is 719. The van der Waals surface area contributed by atoms with Crippen molar-refractivity contribution in [1.82, 2.24) is 4.90 Å². The van der Waals surface area contributed by atoms with Gasteiger partial charge in [-0.05, 0) is 46.4 Å². The van der Waals surface area contributed by atoms with Gasteiger partial charge in [-0.2, -0.15) is 0 Å². The number of carboxylic acid groups (broad SMARTS) is 1. The van der Waals surface area contributed by atoms with Crippen LogP contribution in [-0.2, 0) is 9.59 Å². The predicted molar refractivity (Wildman–Crippen MR) is 99.5 cm³/mol. The van der Waals surface area contributed by atoms with E-state index in [9.17, 15) is 14.7 Å². The normalized spacial score (nSPS) is 16.3. The number of aliphatic carboxylic acids is 1. The fourth-order valence-electron chi connectivity index (χ4n) is 1.88. The molecule has 1 saturated heterocycles. The van der Waals surface area contributed by atoms with Crippen molar-refractivity contribution in [1.29, 1.82) is 0 Å². The molecular weight excluding hydrogens is 453 g/mol. The largest absolute Gasteiger partial charge is 0.504 e. The van der Waals surface area contributed by atoms with E-state index in [0.717, 1.165) is 11.8 Å². The summed E-state index contributed by atoms with van der Waals surface area (Å²) in [5.74, 6) is -0.951. The van der Waals surface area contributed by atoms with Gasteiger partial charge in [0.1, 0.15) is 4.32 Å². The second kappa shape index (κ2) is 7.49. The Hall–Kier alpha value is -1.33. The highest BCUT2D eigenvalue weighted by Crippen LogP contribution is 2.36. The molecule has 1 heterocycles. The summed E-state index contributed by atoms with van der Waals surface area (Å²) in [6, 6.07) is 3.32. The molecule has 1 aromatic rings. The number of thioether (sulfide) groups is 1. The molecule has 0 unspecified atom stereocenters. The van der Waals surface area contributed by atoms with Crippen LogP contribution in [0.5, 0.6) is 11.5 Å². The summed E-state index contributed by atoms with van der Waals surface area (Å²) in [6.07, 6.45) is 1.48. The van der Waals surface area contributed by atoms with Crippen molar-refractivity contribution in [2.45, 2.75) is 6.42 Å². The second-order valence-corrected chi connectivity index (χ2v) is 7.37. The van der Waals surface area contributed by atoms with E-state index in [4.69, 9.17) is 22.1 Å². The standard InChI is InChI=1S/C14H12INO5S2/c1-21-9-5-7(4-8(15)12(9)19)6-10-13(20)16(14(22)23-10)3-2-11(17)18/h4-6,19H,2-3H2,1H3,(H,17,18). The lowest BCUT2D eigenvalue weighted by Crippen LogP contribution is -2.30. The minimum Gasteiger partial charge on any atom is -0.504 e. The van der Waals surface area contributed by atoms with Crippen LogP contribution in [0.2, 0.25) is 0 Å². The third-order valence-electron chi connectivity index (χ3n) is 2.99. The zero-order chi connectivity index (χ0) is 17.1. The Morgan fingerprint density at radius 1 is 1.52 bits per heavy atom. The number of methoxy groups -OCH3 is 1. The highest BCUT2D eigenvalue weighted by molar-refractivity contribution is 14.1. The number of phenolic OH excluding ortho intramolecular Hbond substituents is 1. The van der Waals surface area contributed by atoms with E-state index < -0.39 is 5.97 Å². The van der Waals surface area contributed by atoms with Gasteiger partial charge in [-0.1, -0.05) is 24.0 Å². The third kappa shape index (κ3) is 4.15. The number of benzene rings is 1. The molecule has 0 atom stereocenters. The monoisotopic (exact) mass is 465 g/mol. The van der Waals surface area contributed by atoms with E-state index in [1.54, 1.807) is 18.2 Å². The van der Waals surface area contributed by atoms with Gasteiger partial charge in [-0.25, -0.2) is 0 Å². The fraction of sp³-hybridized carbons (Fsp3) is 0.214. The molecule has 2 rings (SSSR count). The Morgan fingerprint density at radius 3 is 2.83 bits per heavy atom. The number of thiocarbonyl (C=S) groups is 1. The van der Waals surface area contributed by atoms with Crippen LogP contribution in [0.4, 0.5) is 0 Å². The number of hydrogen-bond donors (Lipinski definition) is 2. The van der Waals surface area contributed by atoms with Gasteiger partial charge >= 0.3 is 5.97 Å². The van der Waals surface area contributed by atoms with Gasteiger partial charge in [0.05, 0.1) is 22.0 Å². The fourth-order valence-corrected chi connectivity index (χ4v) is 3.82. The van der Waals surface area contributed by atoms with Crippen molar-refractivity contribution < 1.29 is 24.5 Å². The maximum Gasteiger partial charge on any atom is 0.305 e. The number of aromatic hydroxyl groups is 1. The van der Waals surface area contributed by atoms with Crippen LogP contribution in [0.1, 0.15) is 12.0 Å². The first-order valence-corrected chi connectivity index (χ1v) is 8.67. The molecule has 0 bridgehead atoms. The lowest BCUT2D eigenvalue weighted by molar-refractivity contribution is -0.137. The lowest BCUT2D eigenvalue weighted by atomic mass is 10.2. The maximum atomic E-state index is 12.3. The zero-order valence-corrected chi connectivity index (χ0v) is 15.7. The topological polar surface area (TPSA) is 87.1 Å². The van der Waals surface area contributed by atoms with Crippen molar-refractivity contribution in [3.63, 3.8) is 0 Å². The molecule has 6 nitrogen and oxygen atoms in total. The molecule has 9 heteroatoms. The number of halogens is 1. The van der Waals surface area contributed by atoms with E-state index in [0.29, 0.717) is 24.1 Å². The number of nitrogens with zero attached hydrogens (tertiary/aromatic N) is 1. The number of carbonyl (C=O) groups is 2. The zero-order valence-electron chi connectivity index (χ0n) is 11.9. The van der Waals surface area contributed by atoms with Crippen LogP contribution in [0.25, 0.3) is 6.08 Å². The molecule has 0 radical (unpaired) electrons. The highest BCUT2D eigenvalue weighted by atomic mass is 127. The Balaban J connectivity index is 2.27. The molecule has 23 heavy (non-hydrogen) atoms. The molecule has 1 aliphatic heterocycles. The van der Waals surface area contributed by atoms with E-state index in [-0.39, 0.29) is 24.6 Å². The molecule has 0 spiro atoms. The number of phenols is 1.